The van der Waals surface area contributed by atoms with Crippen LogP contribution in [0.25, 0.3) is 10.9 Å². The van der Waals surface area contributed by atoms with E-state index in [0.717, 1.165) is 29.5 Å². The van der Waals surface area contributed by atoms with Gasteiger partial charge in [0.05, 0.1) is 24.3 Å². The second-order valence-electron chi connectivity index (χ2n) is 15.2. The van der Waals surface area contributed by atoms with Crippen LogP contribution in [0.15, 0.2) is 48.5 Å². The Balaban J connectivity index is 1.01. The van der Waals surface area contributed by atoms with Crippen molar-refractivity contribution in [3.8, 4) is 11.8 Å². The van der Waals surface area contributed by atoms with Crippen LogP contribution in [0.1, 0.15) is 38.3 Å². The third-order valence-corrected chi connectivity index (χ3v) is 12.5. The number of piperazine rings is 1. The molecular formula is C40H51F3N7O4P. The van der Waals surface area contributed by atoms with E-state index in [-0.39, 0.29) is 41.9 Å². The maximum Gasteiger partial charge on any atom is 0.406 e. The molecule has 0 saturated carbocycles. The lowest BCUT2D eigenvalue weighted by Gasteiger charge is -2.39. The number of piperidine rings is 2. The second-order valence-corrected chi connectivity index (χ2v) is 18.4. The van der Waals surface area contributed by atoms with E-state index in [1.165, 1.54) is 4.57 Å². The summed E-state index contributed by atoms with van der Waals surface area (Å²) < 4.78 is 54.8. The molecule has 1 aromatic heterocycles. The van der Waals surface area contributed by atoms with E-state index in [0.29, 0.717) is 82.6 Å². The number of alkyl halides is 3. The molecule has 3 aliphatic rings. The van der Waals surface area contributed by atoms with Gasteiger partial charge in [-0.3, -0.25) is 19.3 Å². The summed E-state index contributed by atoms with van der Waals surface area (Å²) in [6.45, 7) is 9.00. The molecule has 6 rings (SSSR count). The zero-order chi connectivity index (χ0) is 39.3. The van der Waals surface area contributed by atoms with Crippen molar-refractivity contribution in [3.63, 3.8) is 0 Å². The number of nitrogens with zero attached hydrogens (tertiary/aromatic N) is 5. The van der Waals surface area contributed by atoms with Crippen molar-refractivity contribution >= 4 is 52.4 Å². The van der Waals surface area contributed by atoms with Crippen LogP contribution in [0.5, 0.6) is 0 Å². The number of aromatic nitrogens is 1. The number of rotatable bonds is 9. The van der Waals surface area contributed by atoms with Gasteiger partial charge in [0, 0.05) is 93.3 Å². The van der Waals surface area contributed by atoms with Crippen molar-refractivity contribution in [2.75, 3.05) is 89.4 Å². The van der Waals surface area contributed by atoms with Gasteiger partial charge in [-0.2, -0.15) is 13.2 Å². The van der Waals surface area contributed by atoms with Crippen molar-refractivity contribution in [1.29, 1.82) is 0 Å². The van der Waals surface area contributed by atoms with E-state index in [4.69, 9.17) is 0 Å². The monoisotopic (exact) mass is 781 g/mol. The maximum atomic E-state index is 13.7. The summed E-state index contributed by atoms with van der Waals surface area (Å²) in [4.78, 5) is 45.6. The van der Waals surface area contributed by atoms with Crippen LogP contribution in [0.2, 0.25) is 0 Å². The molecule has 4 heterocycles. The first-order chi connectivity index (χ1) is 26.1. The largest absolute Gasteiger partial charge is 0.406 e. The number of amides is 3. The number of halogens is 3. The first kappa shape index (κ1) is 40.2. The van der Waals surface area contributed by atoms with E-state index in [1.54, 1.807) is 55.5 Å². The Labute approximate surface area is 320 Å². The number of hydrogen-bond donors (Lipinski definition) is 2. The van der Waals surface area contributed by atoms with E-state index in [2.05, 4.69) is 27.4 Å². The Kier molecular flexibility index (Phi) is 12.5. The number of carbonyl (C=O) groups excluding carboxylic acids is 3. The first-order valence-electron chi connectivity index (χ1n) is 19.0. The smallest absolute Gasteiger partial charge is 0.382 e. The minimum absolute atomic E-state index is 0.0446. The Bertz CT molecular complexity index is 1960. The topological polar surface area (TPSA) is 110 Å². The maximum absolute atomic E-state index is 13.7. The molecule has 0 unspecified atom stereocenters. The Hall–Kier alpha value is -4.47. The van der Waals surface area contributed by atoms with Crippen LogP contribution in [0, 0.1) is 17.8 Å². The molecule has 3 aromatic rings. The Morgan fingerprint density at radius 3 is 2.13 bits per heavy atom. The third kappa shape index (κ3) is 10.4. The number of hydrogen-bond acceptors (Lipinski definition) is 7. The van der Waals surface area contributed by atoms with E-state index in [9.17, 15) is 32.1 Å². The summed E-state index contributed by atoms with van der Waals surface area (Å²) in [7, 11) is -2.37. The summed E-state index contributed by atoms with van der Waals surface area (Å²) in [5.41, 5.74) is 2.23. The lowest BCUT2D eigenvalue weighted by Crippen LogP contribution is -2.55. The number of fused-ring (bicyclic) bond motifs is 1. The quantitative estimate of drug-likeness (QED) is 0.239. The molecule has 0 spiro atoms. The fraction of sp³-hybridized carbons (Fsp3) is 0.525. The molecule has 3 aliphatic heterocycles. The zero-order valence-electron chi connectivity index (χ0n) is 31.8. The molecule has 0 radical (unpaired) electrons. The normalized spacial score (nSPS) is 17.9. The van der Waals surface area contributed by atoms with Crippen LogP contribution >= 0.6 is 7.14 Å². The van der Waals surface area contributed by atoms with Gasteiger partial charge in [-0.1, -0.05) is 12.0 Å². The Morgan fingerprint density at radius 2 is 1.51 bits per heavy atom. The van der Waals surface area contributed by atoms with Crippen LogP contribution in [0.4, 0.5) is 24.5 Å². The molecule has 0 aliphatic carbocycles. The van der Waals surface area contributed by atoms with Gasteiger partial charge in [0.15, 0.2) is 0 Å². The summed E-state index contributed by atoms with van der Waals surface area (Å²) in [5.74, 6) is 6.06. The first-order valence-corrected chi connectivity index (χ1v) is 21.6. The molecule has 55 heavy (non-hydrogen) atoms. The van der Waals surface area contributed by atoms with Gasteiger partial charge in [-0.05, 0) is 87.4 Å². The minimum atomic E-state index is -4.44. The minimum Gasteiger partial charge on any atom is -0.382 e. The molecule has 3 fully saturated rings. The van der Waals surface area contributed by atoms with Crippen LogP contribution < -0.4 is 15.9 Å². The van der Waals surface area contributed by atoms with Gasteiger partial charge in [0.2, 0.25) is 17.7 Å². The van der Waals surface area contributed by atoms with Crippen molar-refractivity contribution in [1.82, 2.24) is 24.2 Å². The number of nitrogens with one attached hydrogen (secondary N) is 2. The summed E-state index contributed by atoms with van der Waals surface area (Å²) in [6, 6.07) is 14.3. The molecule has 15 heteroatoms. The highest BCUT2D eigenvalue weighted by molar-refractivity contribution is 7.70. The summed E-state index contributed by atoms with van der Waals surface area (Å²) in [6.07, 6.45) is -1.54. The van der Waals surface area contributed by atoms with Gasteiger partial charge < -0.3 is 34.5 Å². The number of anilines is 2. The predicted octanol–water partition coefficient (Wildman–Crippen LogP) is 4.72. The lowest BCUT2D eigenvalue weighted by molar-refractivity contribution is -0.144. The molecule has 2 aromatic carbocycles. The Morgan fingerprint density at radius 1 is 0.855 bits per heavy atom. The van der Waals surface area contributed by atoms with Crippen molar-refractivity contribution in [2.24, 2.45) is 5.92 Å². The number of benzene rings is 2. The third-order valence-electron chi connectivity index (χ3n) is 10.9. The van der Waals surface area contributed by atoms with Crippen LogP contribution in [-0.2, 0) is 25.5 Å². The molecule has 3 saturated heterocycles. The number of likely N-dealkylation sites (tertiary alicyclic amines) is 2. The summed E-state index contributed by atoms with van der Waals surface area (Å²) in [5, 5.41) is 8.15. The highest BCUT2D eigenvalue weighted by atomic mass is 31.2. The van der Waals surface area contributed by atoms with E-state index in [1.807, 2.05) is 28.0 Å². The molecular weight excluding hydrogens is 730 g/mol. The standard InChI is InChI=1S/C40H51F3N7O4P/c1-29(51)47-20-13-30(14-21-47)39(53)49-24-22-48(23-25-49)38(52)27-46-18-15-32(16-19-46)45-36-7-4-8-37-35(36)26-33(50(37)28-40(41,42)43)6-5-17-44-31-9-11-34(12-10-31)55(2,3)54/h4,7-12,26,30,32,44-45H,13-25,27-28H2,1-3H3. The number of carbonyl (C=O) groups is 3. The van der Waals surface area contributed by atoms with Crippen molar-refractivity contribution in [3.05, 3.63) is 54.2 Å². The lowest BCUT2D eigenvalue weighted by atomic mass is 9.95. The van der Waals surface area contributed by atoms with Gasteiger partial charge in [0.1, 0.15) is 13.7 Å². The predicted molar refractivity (Wildman–Crippen MR) is 210 cm³/mol. The van der Waals surface area contributed by atoms with Crippen molar-refractivity contribution in [2.45, 2.75) is 51.4 Å². The van der Waals surface area contributed by atoms with Crippen LogP contribution in [0.3, 0.4) is 0 Å². The van der Waals surface area contributed by atoms with Crippen molar-refractivity contribution < 1.29 is 32.1 Å². The SMILES string of the molecule is CC(=O)N1CCC(C(=O)N2CCN(C(=O)CN3CCC(Nc4cccc5c4cc(C#CCNc4ccc(P(C)(C)=O)cc4)n5CC(F)(F)F)CC3)CC2)CC1. The average molecular weight is 782 g/mol. The average Bonchev–Trinajstić information content (AvgIpc) is 3.50. The summed E-state index contributed by atoms with van der Waals surface area (Å²) >= 11 is 0. The molecule has 0 bridgehead atoms. The van der Waals surface area contributed by atoms with Crippen LogP contribution in [-0.4, -0.2) is 133 Å². The molecule has 11 nitrogen and oxygen atoms in total. The molecule has 0 atom stereocenters. The van der Waals surface area contributed by atoms with Gasteiger partial charge in [0.25, 0.3) is 0 Å². The van der Waals surface area contributed by atoms with E-state index >= 15 is 0 Å². The molecule has 2 N–H and O–H groups in total. The fourth-order valence-corrected chi connectivity index (χ4v) is 8.57. The van der Waals surface area contributed by atoms with E-state index < -0.39 is 19.9 Å². The van der Waals surface area contributed by atoms with Gasteiger partial charge in [-0.15, -0.1) is 0 Å². The molecule has 296 valence electrons. The molecule has 3 amide bonds. The zero-order valence-corrected chi connectivity index (χ0v) is 32.7. The highest BCUT2D eigenvalue weighted by Crippen LogP contribution is 2.35. The fourth-order valence-electron chi connectivity index (χ4n) is 7.71. The highest BCUT2D eigenvalue weighted by Gasteiger charge is 2.33. The second kappa shape index (κ2) is 17.1. The van der Waals surface area contributed by atoms with Gasteiger partial charge >= 0.3 is 6.18 Å². The van der Waals surface area contributed by atoms with Gasteiger partial charge in [-0.25, -0.2) is 0 Å².